The lowest BCUT2D eigenvalue weighted by Crippen LogP contribution is -2.41. The molecule has 0 fully saturated rings. The Kier molecular flexibility index (Phi) is 3.23. The second kappa shape index (κ2) is 5.20. The van der Waals surface area contributed by atoms with Gasteiger partial charge in [0.15, 0.2) is 0 Å². The smallest absolute Gasteiger partial charge is 0.141 e. The maximum atomic E-state index is 9.81. The number of hydrogen-bond donors (Lipinski definition) is 2. The third-order valence-corrected chi connectivity index (χ3v) is 4.89. The van der Waals surface area contributed by atoms with E-state index in [1.807, 2.05) is 12.1 Å². The summed E-state index contributed by atoms with van der Waals surface area (Å²) in [6, 6.07) is 10.4. The molecule has 0 radical (unpaired) electrons. The van der Waals surface area contributed by atoms with Crippen molar-refractivity contribution in [2.24, 2.45) is 0 Å². The van der Waals surface area contributed by atoms with Crippen LogP contribution >= 0.6 is 0 Å². The molecule has 0 amide bonds. The lowest BCUT2D eigenvalue weighted by molar-refractivity contribution is 0.0725. The molecule has 4 nitrogen and oxygen atoms in total. The minimum absolute atomic E-state index is 0.179. The molecule has 0 saturated heterocycles. The minimum Gasteiger partial charge on any atom is -0.508 e. The summed E-state index contributed by atoms with van der Waals surface area (Å²) in [7, 11) is 0. The van der Waals surface area contributed by atoms with Crippen molar-refractivity contribution in [1.82, 2.24) is 0 Å². The maximum absolute atomic E-state index is 9.81. The van der Waals surface area contributed by atoms with Crippen LogP contribution in [0.2, 0.25) is 0 Å². The summed E-state index contributed by atoms with van der Waals surface area (Å²) in [6.45, 7) is 4.62. The zero-order valence-corrected chi connectivity index (χ0v) is 13.7. The first-order valence-corrected chi connectivity index (χ1v) is 8.09. The Bertz CT molecular complexity index is 836. The van der Waals surface area contributed by atoms with Gasteiger partial charge in [-0.2, -0.15) is 0 Å². The lowest BCUT2D eigenvalue weighted by Gasteiger charge is -2.38. The summed E-state index contributed by atoms with van der Waals surface area (Å²) < 4.78 is 12.3. The van der Waals surface area contributed by atoms with Gasteiger partial charge in [0, 0.05) is 23.3 Å². The van der Waals surface area contributed by atoms with E-state index in [9.17, 15) is 10.2 Å². The van der Waals surface area contributed by atoms with Crippen LogP contribution in [-0.2, 0) is 5.41 Å². The van der Waals surface area contributed by atoms with Crippen molar-refractivity contribution < 1.29 is 19.7 Å². The highest BCUT2D eigenvalue weighted by Crippen LogP contribution is 2.57. The summed E-state index contributed by atoms with van der Waals surface area (Å²) in [5, 5.41) is 19.5. The van der Waals surface area contributed by atoms with Crippen molar-refractivity contribution in [2.45, 2.75) is 31.8 Å². The van der Waals surface area contributed by atoms with Crippen LogP contribution in [-0.4, -0.2) is 16.8 Å². The molecule has 0 bridgehead atoms. The second-order valence-electron chi connectivity index (χ2n) is 6.83. The van der Waals surface area contributed by atoms with E-state index in [-0.39, 0.29) is 23.0 Å². The largest absolute Gasteiger partial charge is 0.508 e. The van der Waals surface area contributed by atoms with Gasteiger partial charge in [0.25, 0.3) is 0 Å². The van der Waals surface area contributed by atoms with Crippen molar-refractivity contribution in [1.29, 1.82) is 0 Å². The highest BCUT2D eigenvalue weighted by Gasteiger charge is 2.53. The zero-order chi connectivity index (χ0) is 16.9. The SMILES string of the molecule is CC(C)=CC[C@@]12COc3cc(O)ccc3[C@@H]1Oc1cc(O)ccc12. The normalized spacial score (nSPS) is 23.3. The zero-order valence-electron chi connectivity index (χ0n) is 13.7. The summed E-state index contributed by atoms with van der Waals surface area (Å²) in [5.41, 5.74) is 2.90. The molecule has 24 heavy (non-hydrogen) atoms. The molecule has 2 aromatic carbocycles. The van der Waals surface area contributed by atoms with Crippen molar-refractivity contribution in [3.8, 4) is 23.0 Å². The van der Waals surface area contributed by atoms with Gasteiger partial charge >= 0.3 is 0 Å². The molecule has 0 saturated carbocycles. The minimum atomic E-state index is -0.329. The highest BCUT2D eigenvalue weighted by molar-refractivity contribution is 5.55. The fourth-order valence-electron chi connectivity index (χ4n) is 3.65. The summed E-state index contributed by atoms with van der Waals surface area (Å²) >= 11 is 0. The van der Waals surface area contributed by atoms with Crippen LogP contribution < -0.4 is 9.47 Å². The Morgan fingerprint density at radius 3 is 2.58 bits per heavy atom. The maximum Gasteiger partial charge on any atom is 0.141 e. The van der Waals surface area contributed by atoms with E-state index >= 15 is 0 Å². The molecule has 2 aliphatic rings. The van der Waals surface area contributed by atoms with E-state index in [1.54, 1.807) is 24.3 Å². The molecular formula is C20H20O4. The van der Waals surface area contributed by atoms with E-state index in [0.29, 0.717) is 18.1 Å². The standard InChI is InChI=1S/C20H20O4/c1-12(2)7-8-20-11-23-17-9-13(21)3-5-15(17)19(20)24-18-10-14(22)4-6-16(18)20/h3-7,9-10,19,21-22H,8,11H2,1-2H3/t19-,20-/m0/s1. The summed E-state index contributed by atoms with van der Waals surface area (Å²) in [4.78, 5) is 0. The second-order valence-corrected chi connectivity index (χ2v) is 6.83. The van der Waals surface area contributed by atoms with Gasteiger partial charge < -0.3 is 19.7 Å². The van der Waals surface area contributed by atoms with Gasteiger partial charge in [-0.05, 0) is 38.5 Å². The van der Waals surface area contributed by atoms with Gasteiger partial charge in [0.1, 0.15) is 35.7 Å². The number of fused-ring (bicyclic) bond motifs is 5. The van der Waals surface area contributed by atoms with Gasteiger partial charge in [-0.25, -0.2) is 0 Å². The van der Waals surface area contributed by atoms with Gasteiger partial charge in [0.2, 0.25) is 0 Å². The molecule has 0 aromatic heterocycles. The van der Waals surface area contributed by atoms with Crippen LogP contribution in [0.15, 0.2) is 48.0 Å². The number of allylic oxidation sites excluding steroid dienone is 2. The van der Waals surface area contributed by atoms with Crippen LogP contribution in [0, 0.1) is 0 Å². The fraction of sp³-hybridized carbons (Fsp3) is 0.300. The third-order valence-electron chi connectivity index (χ3n) is 4.89. The Hall–Kier alpha value is -2.62. The van der Waals surface area contributed by atoms with Crippen molar-refractivity contribution in [2.75, 3.05) is 6.61 Å². The molecule has 0 unspecified atom stereocenters. The van der Waals surface area contributed by atoms with Crippen LogP contribution in [0.25, 0.3) is 0 Å². The average Bonchev–Trinajstić information content (AvgIpc) is 2.86. The molecule has 2 heterocycles. The summed E-state index contributed by atoms with van der Waals surface area (Å²) in [5.74, 6) is 1.73. The third kappa shape index (κ3) is 2.13. The molecule has 4 heteroatoms. The van der Waals surface area contributed by atoms with E-state index in [0.717, 1.165) is 17.5 Å². The molecule has 4 rings (SSSR count). The van der Waals surface area contributed by atoms with Gasteiger partial charge in [0.05, 0.1) is 5.41 Å². The van der Waals surface area contributed by atoms with E-state index in [4.69, 9.17) is 9.47 Å². The van der Waals surface area contributed by atoms with Crippen molar-refractivity contribution in [3.63, 3.8) is 0 Å². The molecule has 2 atom stereocenters. The topological polar surface area (TPSA) is 58.9 Å². The van der Waals surface area contributed by atoms with Crippen LogP contribution in [0.3, 0.4) is 0 Å². The number of aromatic hydroxyl groups is 2. The number of ether oxygens (including phenoxy) is 2. The monoisotopic (exact) mass is 324 g/mol. The Morgan fingerprint density at radius 1 is 1.12 bits per heavy atom. The number of phenolic OH excluding ortho intramolecular Hbond substituents is 2. The van der Waals surface area contributed by atoms with Crippen LogP contribution in [0.5, 0.6) is 23.0 Å². The first-order chi connectivity index (χ1) is 11.5. The Labute approximate surface area is 141 Å². The predicted octanol–water partition coefficient (Wildman–Crippen LogP) is 4.22. The number of rotatable bonds is 2. The Morgan fingerprint density at radius 2 is 1.83 bits per heavy atom. The van der Waals surface area contributed by atoms with Gasteiger partial charge in [-0.3, -0.25) is 0 Å². The molecule has 2 aliphatic heterocycles. The molecule has 2 N–H and O–H groups in total. The molecule has 0 spiro atoms. The first-order valence-electron chi connectivity index (χ1n) is 8.09. The van der Waals surface area contributed by atoms with Gasteiger partial charge in [-0.1, -0.05) is 17.7 Å². The van der Waals surface area contributed by atoms with Crippen molar-refractivity contribution >= 4 is 0 Å². The van der Waals surface area contributed by atoms with E-state index in [2.05, 4.69) is 19.9 Å². The fourth-order valence-corrected chi connectivity index (χ4v) is 3.65. The lowest BCUT2D eigenvalue weighted by atomic mass is 9.71. The Balaban J connectivity index is 1.88. The first kappa shape index (κ1) is 14.9. The van der Waals surface area contributed by atoms with Crippen LogP contribution in [0.1, 0.15) is 37.5 Å². The number of phenols is 2. The predicted molar refractivity (Wildman–Crippen MR) is 90.8 cm³/mol. The van der Waals surface area contributed by atoms with E-state index in [1.165, 1.54) is 5.57 Å². The molecular weight excluding hydrogens is 304 g/mol. The number of benzene rings is 2. The number of hydrogen-bond acceptors (Lipinski definition) is 4. The molecule has 2 aromatic rings. The van der Waals surface area contributed by atoms with Crippen LogP contribution in [0.4, 0.5) is 0 Å². The average molecular weight is 324 g/mol. The summed E-state index contributed by atoms with van der Waals surface area (Å²) in [6.07, 6.45) is 2.79. The van der Waals surface area contributed by atoms with Gasteiger partial charge in [-0.15, -0.1) is 0 Å². The van der Waals surface area contributed by atoms with Crippen molar-refractivity contribution in [3.05, 3.63) is 59.2 Å². The quantitative estimate of drug-likeness (QED) is 0.812. The molecule has 124 valence electrons. The molecule has 0 aliphatic carbocycles. The highest BCUT2D eigenvalue weighted by atomic mass is 16.5. The van der Waals surface area contributed by atoms with E-state index < -0.39 is 0 Å².